The minimum Gasteiger partial charge on any atom is -0.508 e. The molecule has 0 spiro atoms. The third-order valence-electron chi connectivity index (χ3n) is 1.74. The van der Waals surface area contributed by atoms with E-state index >= 15 is 0 Å². The maximum atomic E-state index is 10.2. The molecule has 4 heteroatoms. The van der Waals surface area contributed by atoms with Gasteiger partial charge in [-0.05, 0) is 23.8 Å². The largest absolute Gasteiger partial charge is 0.508 e. The van der Waals surface area contributed by atoms with Gasteiger partial charge in [-0.1, -0.05) is 18.7 Å². The average molecular weight is 221 g/mol. The summed E-state index contributed by atoms with van der Waals surface area (Å²) in [5.74, 6) is 0.206. The summed E-state index contributed by atoms with van der Waals surface area (Å²) in [6.07, 6.45) is 2.28. The average Bonchev–Trinajstić information content (AvgIpc) is 2.22. The van der Waals surface area contributed by atoms with Gasteiger partial charge < -0.3 is 10.4 Å². The Morgan fingerprint density at radius 3 is 2.53 bits per heavy atom. The third kappa shape index (κ3) is 3.52. The van der Waals surface area contributed by atoms with Crippen LogP contribution in [0.15, 0.2) is 41.4 Å². The van der Waals surface area contributed by atoms with E-state index in [4.69, 9.17) is 5.11 Å². The summed E-state index contributed by atoms with van der Waals surface area (Å²) in [5.41, 5.74) is 1.30. The predicted octanol–water partition coefficient (Wildman–Crippen LogP) is 1.92. The van der Waals surface area contributed by atoms with Crippen LogP contribution in [0.4, 0.5) is 0 Å². The summed E-state index contributed by atoms with van der Waals surface area (Å²) in [7, 11) is 0. The first-order chi connectivity index (χ1) is 7.13. The van der Waals surface area contributed by atoms with Gasteiger partial charge in [0, 0.05) is 10.6 Å². The van der Waals surface area contributed by atoms with Crippen LogP contribution in [-0.2, 0) is 4.79 Å². The first-order valence-electron chi connectivity index (χ1n) is 4.22. The van der Waals surface area contributed by atoms with E-state index in [0.717, 1.165) is 5.56 Å². The molecular formula is C11H11NO2S. The minimum absolute atomic E-state index is 0.206. The Kier molecular flexibility index (Phi) is 4.00. The van der Waals surface area contributed by atoms with Gasteiger partial charge in [0.05, 0.1) is 0 Å². The number of amides is 1. The fourth-order valence-corrected chi connectivity index (χ4v) is 1.17. The summed E-state index contributed by atoms with van der Waals surface area (Å²) in [5, 5.41) is 11.5. The standard InChI is InChI=1S/C11H11NO2S/c1-8(12-7-13)11(15)6-9-2-4-10(14)5-3-9/h2-7,14-15H,1H2,(H,12,13)/b11-6+. The van der Waals surface area contributed by atoms with E-state index in [-0.39, 0.29) is 5.75 Å². The van der Waals surface area contributed by atoms with Gasteiger partial charge in [-0.2, -0.15) is 0 Å². The summed E-state index contributed by atoms with van der Waals surface area (Å²) < 4.78 is 0. The zero-order valence-corrected chi connectivity index (χ0v) is 8.87. The lowest BCUT2D eigenvalue weighted by Crippen LogP contribution is -2.08. The highest BCUT2D eigenvalue weighted by molar-refractivity contribution is 7.85. The highest BCUT2D eigenvalue weighted by atomic mass is 32.1. The maximum Gasteiger partial charge on any atom is 0.211 e. The number of rotatable bonds is 4. The van der Waals surface area contributed by atoms with Crippen molar-refractivity contribution in [3.63, 3.8) is 0 Å². The molecule has 0 unspecified atom stereocenters. The second kappa shape index (κ2) is 5.26. The number of hydrogen-bond donors (Lipinski definition) is 3. The van der Waals surface area contributed by atoms with Gasteiger partial charge in [-0.25, -0.2) is 0 Å². The van der Waals surface area contributed by atoms with Gasteiger partial charge >= 0.3 is 0 Å². The normalized spacial score (nSPS) is 10.9. The summed E-state index contributed by atoms with van der Waals surface area (Å²) in [6, 6.07) is 6.62. The molecule has 0 aromatic heterocycles. The van der Waals surface area contributed by atoms with Gasteiger partial charge in [-0.15, -0.1) is 12.6 Å². The first-order valence-corrected chi connectivity index (χ1v) is 4.67. The lowest BCUT2D eigenvalue weighted by atomic mass is 10.2. The van der Waals surface area contributed by atoms with Crippen molar-refractivity contribution in [1.82, 2.24) is 5.32 Å². The number of carbonyl (C=O) groups is 1. The van der Waals surface area contributed by atoms with Crippen LogP contribution in [0.25, 0.3) is 6.08 Å². The molecule has 0 aliphatic carbocycles. The monoisotopic (exact) mass is 221 g/mol. The molecular weight excluding hydrogens is 210 g/mol. The van der Waals surface area contributed by atoms with Crippen LogP contribution in [0.1, 0.15) is 5.56 Å². The van der Waals surface area contributed by atoms with Gasteiger partial charge in [-0.3, -0.25) is 4.79 Å². The number of phenolic OH excluding ortho intramolecular Hbond substituents is 1. The molecule has 1 aromatic rings. The Morgan fingerprint density at radius 2 is 2.00 bits per heavy atom. The molecule has 2 N–H and O–H groups in total. The van der Waals surface area contributed by atoms with Crippen LogP contribution in [-0.4, -0.2) is 11.5 Å². The van der Waals surface area contributed by atoms with Crippen molar-refractivity contribution < 1.29 is 9.90 Å². The van der Waals surface area contributed by atoms with E-state index in [0.29, 0.717) is 17.0 Å². The molecule has 1 rings (SSSR count). The topological polar surface area (TPSA) is 49.3 Å². The second-order valence-corrected chi connectivity index (χ2v) is 3.34. The van der Waals surface area contributed by atoms with E-state index in [9.17, 15) is 4.79 Å². The first kappa shape index (κ1) is 11.4. The predicted molar refractivity (Wildman–Crippen MR) is 63.4 cm³/mol. The maximum absolute atomic E-state index is 10.2. The number of hydrogen-bond acceptors (Lipinski definition) is 3. The zero-order valence-electron chi connectivity index (χ0n) is 7.97. The number of benzene rings is 1. The molecule has 1 aromatic carbocycles. The van der Waals surface area contributed by atoms with Crippen molar-refractivity contribution in [1.29, 1.82) is 0 Å². The van der Waals surface area contributed by atoms with Crippen LogP contribution < -0.4 is 5.32 Å². The molecule has 0 radical (unpaired) electrons. The van der Waals surface area contributed by atoms with Crippen LogP contribution >= 0.6 is 12.6 Å². The SMILES string of the molecule is C=C(NC=O)/C(S)=C\c1ccc(O)cc1. The quantitative estimate of drug-likeness (QED) is 0.413. The second-order valence-electron chi connectivity index (χ2n) is 2.86. The van der Waals surface area contributed by atoms with Crippen LogP contribution in [0.5, 0.6) is 5.75 Å². The summed E-state index contributed by atoms with van der Waals surface area (Å²) in [4.78, 5) is 10.7. The van der Waals surface area contributed by atoms with E-state index in [1.165, 1.54) is 0 Å². The van der Waals surface area contributed by atoms with Crippen molar-refractivity contribution in [2.75, 3.05) is 0 Å². The van der Waals surface area contributed by atoms with Crippen molar-refractivity contribution in [3.8, 4) is 5.75 Å². The number of aromatic hydroxyl groups is 1. The lowest BCUT2D eigenvalue weighted by molar-refractivity contribution is -0.108. The number of carbonyl (C=O) groups excluding carboxylic acids is 1. The van der Waals surface area contributed by atoms with E-state index in [1.807, 2.05) is 0 Å². The highest BCUT2D eigenvalue weighted by Crippen LogP contribution is 2.17. The summed E-state index contributed by atoms with van der Waals surface area (Å²) >= 11 is 4.17. The van der Waals surface area contributed by atoms with Crippen molar-refractivity contribution in [2.24, 2.45) is 0 Å². The number of thiol groups is 1. The molecule has 15 heavy (non-hydrogen) atoms. The van der Waals surface area contributed by atoms with E-state index in [2.05, 4.69) is 24.5 Å². The Balaban J connectivity index is 2.82. The smallest absolute Gasteiger partial charge is 0.211 e. The third-order valence-corrected chi connectivity index (χ3v) is 2.14. The Bertz CT molecular complexity index is 396. The molecule has 0 heterocycles. The molecule has 0 aliphatic heterocycles. The molecule has 1 amide bonds. The van der Waals surface area contributed by atoms with Crippen LogP contribution in [0.3, 0.4) is 0 Å². The van der Waals surface area contributed by atoms with E-state index in [1.54, 1.807) is 30.3 Å². The van der Waals surface area contributed by atoms with Gasteiger partial charge in [0.2, 0.25) is 6.41 Å². The Morgan fingerprint density at radius 1 is 1.40 bits per heavy atom. The van der Waals surface area contributed by atoms with Gasteiger partial charge in [0.15, 0.2) is 0 Å². The molecule has 0 atom stereocenters. The lowest BCUT2D eigenvalue weighted by Gasteiger charge is -2.02. The van der Waals surface area contributed by atoms with Crippen molar-refractivity contribution in [2.45, 2.75) is 0 Å². The Labute approximate surface area is 93.5 Å². The highest BCUT2D eigenvalue weighted by Gasteiger charge is 1.96. The molecule has 78 valence electrons. The molecule has 0 bridgehead atoms. The van der Waals surface area contributed by atoms with Gasteiger partial charge in [0.25, 0.3) is 0 Å². The van der Waals surface area contributed by atoms with Crippen molar-refractivity contribution >= 4 is 25.1 Å². The number of nitrogens with one attached hydrogen (secondary N) is 1. The van der Waals surface area contributed by atoms with E-state index < -0.39 is 0 Å². The summed E-state index contributed by atoms with van der Waals surface area (Å²) in [6.45, 7) is 3.62. The van der Waals surface area contributed by atoms with Crippen LogP contribution in [0, 0.1) is 0 Å². The molecule has 0 fully saturated rings. The molecule has 0 saturated heterocycles. The minimum atomic E-state index is 0.206. The Hall–Kier alpha value is -1.68. The fourth-order valence-electron chi connectivity index (χ4n) is 0.961. The van der Waals surface area contributed by atoms with Crippen molar-refractivity contribution in [3.05, 3.63) is 47.0 Å². The number of phenols is 1. The molecule has 0 aliphatic rings. The molecule has 0 saturated carbocycles. The fraction of sp³-hybridized carbons (Fsp3) is 0. The van der Waals surface area contributed by atoms with Gasteiger partial charge in [0.1, 0.15) is 5.75 Å². The molecule has 3 nitrogen and oxygen atoms in total. The van der Waals surface area contributed by atoms with Crippen LogP contribution in [0.2, 0.25) is 0 Å². The zero-order chi connectivity index (χ0) is 11.3.